The van der Waals surface area contributed by atoms with Gasteiger partial charge in [-0.15, -0.1) is 0 Å². The first-order chi connectivity index (χ1) is 13.8. The van der Waals surface area contributed by atoms with E-state index < -0.39 is 0 Å². The van der Waals surface area contributed by atoms with Crippen LogP contribution in [-0.4, -0.2) is 45.9 Å². The van der Waals surface area contributed by atoms with E-state index in [0.717, 1.165) is 42.8 Å². The zero-order chi connectivity index (χ0) is 22.7. The fourth-order valence-corrected chi connectivity index (χ4v) is 3.47. The fourth-order valence-electron chi connectivity index (χ4n) is 3.47. The van der Waals surface area contributed by atoms with E-state index in [2.05, 4.69) is 62.8 Å². The summed E-state index contributed by atoms with van der Waals surface area (Å²) in [6.07, 6.45) is 9.19. The normalized spacial score (nSPS) is 33.7. The van der Waals surface area contributed by atoms with Crippen LogP contribution >= 0.6 is 0 Å². The van der Waals surface area contributed by atoms with E-state index in [1.165, 1.54) is 45.1 Å². The van der Waals surface area contributed by atoms with Gasteiger partial charge in [-0.2, -0.15) is 0 Å². The highest BCUT2D eigenvalue weighted by Gasteiger charge is 2.13. The van der Waals surface area contributed by atoms with Gasteiger partial charge in [0.25, 0.3) is 0 Å². The summed E-state index contributed by atoms with van der Waals surface area (Å²) in [7, 11) is 3.75. The molecule has 2 atom stereocenters. The average Bonchev–Trinajstić information content (AvgIpc) is 2.72. The molecule has 0 aromatic carbocycles. The Labute approximate surface area is 185 Å². The van der Waals surface area contributed by atoms with Gasteiger partial charge in [0.15, 0.2) is 0 Å². The maximum atomic E-state index is 3.43. The van der Waals surface area contributed by atoms with Crippen LogP contribution in [0.2, 0.25) is 0 Å². The molecule has 0 aromatic heterocycles. The molecule has 0 radical (unpaired) electrons. The summed E-state index contributed by atoms with van der Waals surface area (Å²) in [5, 5.41) is 12.8. The summed E-state index contributed by atoms with van der Waals surface area (Å²) in [4.78, 5) is 0. The SMILES string of the molecule is CC.CC1CCC(C)CC1.CC1CCC(C)NC1.CC1CNC(C)NC1.CNC. The topological polar surface area (TPSA) is 48.1 Å². The Morgan fingerprint density at radius 2 is 0.862 bits per heavy atom. The Morgan fingerprint density at radius 1 is 0.517 bits per heavy atom. The smallest absolute Gasteiger partial charge is 0.0542 e. The zero-order valence-electron chi connectivity index (χ0n) is 21.8. The molecule has 0 aromatic rings. The van der Waals surface area contributed by atoms with Crippen LogP contribution in [0.5, 0.6) is 0 Å². The quantitative estimate of drug-likeness (QED) is 0.437. The summed E-state index contributed by atoms with van der Waals surface area (Å²) in [6.45, 7) is 21.2. The van der Waals surface area contributed by atoms with Crippen molar-refractivity contribution >= 4 is 0 Å². The van der Waals surface area contributed by atoms with Gasteiger partial charge in [-0.1, -0.05) is 67.2 Å². The zero-order valence-corrected chi connectivity index (χ0v) is 21.8. The molecular weight excluding hydrogens is 356 g/mol. The Bertz CT molecular complexity index is 222. The number of hydrogen-bond donors (Lipinski definition) is 4. The molecule has 2 aliphatic heterocycles. The van der Waals surface area contributed by atoms with Gasteiger partial charge in [-0.05, 0) is 71.0 Å². The molecule has 2 saturated heterocycles. The molecular formula is C25H58N4. The molecule has 4 N–H and O–H groups in total. The minimum atomic E-state index is 0.520. The summed E-state index contributed by atoms with van der Waals surface area (Å²) in [5.74, 6) is 3.75. The van der Waals surface area contributed by atoms with Gasteiger partial charge in [0.2, 0.25) is 0 Å². The fraction of sp³-hybridized carbons (Fsp3) is 1.00. The highest BCUT2D eigenvalue weighted by Crippen LogP contribution is 2.27. The highest BCUT2D eigenvalue weighted by molar-refractivity contribution is 4.71. The van der Waals surface area contributed by atoms with Crippen molar-refractivity contribution in [1.29, 1.82) is 0 Å². The van der Waals surface area contributed by atoms with Gasteiger partial charge in [0, 0.05) is 19.1 Å². The number of hydrogen-bond acceptors (Lipinski definition) is 4. The third-order valence-electron chi connectivity index (χ3n) is 5.76. The van der Waals surface area contributed by atoms with Crippen molar-refractivity contribution in [3.05, 3.63) is 0 Å². The van der Waals surface area contributed by atoms with Crippen molar-refractivity contribution in [2.24, 2.45) is 23.7 Å². The summed E-state index contributed by atoms with van der Waals surface area (Å²) in [5.41, 5.74) is 0. The maximum Gasteiger partial charge on any atom is 0.0542 e. The number of rotatable bonds is 0. The largest absolute Gasteiger partial charge is 0.323 e. The van der Waals surface area contributed by atoms with Gasteiger partial charge >= 0.3 is 0 Å². The molecule has 0 amide bonds. The second-order valence-electron chi connectivity index (χ2n) is 9.50. The molecule has 3 aliphatic rings. The molecule has 2 heterocycles. The lowest BCUT2D eigenvalue weighted by Gasteiger charge is -2.26. The van der Waals surface area contributed by atoms with Crippen LogP contribution in [0.3, 0.4) is 0 Å². The lowest BCUT2D eigenvalue weighted by Crippen LogP contribution is -2.50. The average molecular weight is 415 g/mol. The monoisotopic (exact) mass is 414 g/mol. The molecule has 1 saturated carbocycles. The predicted octanol–water partition coefficient (Wildman–Crippen LogP) is 5.25. The van der Waals surface area contributed by atoms with Crippen molar-refractivity contribution in [3.8, 4) is 0 Å². The first-order valence-electron chi connectivity index (χ1n) is 12.6. The third kappa shape index (κ3) is 20.9. The van der Waals surface area contributed by atoms with Crippen LogP contribution in [0.15, 0.2) is 0 Å². The minimum absolute atomic E-state index is 0.520. The minimum Gasteiger partial charge on any atom is -0.323 e. The summed E-state index contributed by atoms with van der Waals surface area (Å²) < 4.78 is 0. The molecule has 3 fully saturated rings. The summed E-state index contributed by atoms with van der Waals surface area (Å²) >= 11 is 0. The van der Waals surface area contributed by atoms with Gasteiger partial charge in [-0.25, -0.2) is 0 Å². The van der Waals surface area contributed by atoms with Gasteiger partial charge in [0.05, 0.1) is 6.17 Å². The van der Waals surface area contributed by atoms with E-state index in [9.17, 15) is 0 Å². The molecule has 4 nitrogen and oxygen atoms in total. The Hall–Kier alpha value is -0.160. The molecule has 1 aliphatic carbocycles. The number of nitrogens with one attached hydrogen (secondary N) is 4. The van der Waals surface area contributed by atoms with Gasteiger partial charge < -0.3 is 21.3 Å². The molecule has 29 heavy (non-hydrogen) atoms. The van der Waals surface area contributed by atoms with E-state index in [-0.39, 0.29) is 0 Å². The predicted molar refractivity (Wildman–Crippen MR) is 134 cm³/mol. The van der Waals surface area contributed by atoms with E-state index in [0.29, 0.717) is 6.17 Å². The first kappa shape index (κ1) is 31.0. The van der Waals surface area contributed by atoms with Crippen molar-refractivity contribution in [2.45, 2.75) is 106 Å². The van der Waals surface area contributed by atoms with E-state index in [1.54, 1.807) is 0 Å². The standard InChI is InChI=1S/C8H16.C7H15N.C6H14N2.C2H7N.C2H6/c1-7-3-5-8(2)6-4-7;1-6-3-4-7(2)8-5-6;1-5-3-7-6(2)8-4-5;1-3-2;1-2/h7-8H,3-6H2,1-2H3;6-8H,3-5H2,1-2H3;5-8H,3-4H2,1-2H3;3H,1-2H3;1-2H3. The third-order valence-corrected chi connectivity index (χ3v) is 5.76. The summed E-state index contributed by atoms with van der Waals surface area (Å²) in [6, 6.07) is 0.770. The molecule has 4 heteroatoms. The molecule has 2 unspecified atom stereocenters. The second kappa shape index (κ2) is 21.1. The van der Waals surface area contributed by atoms with Crippen LogP contribution in [0.4, 0.5) is 0 Å². The van der Waals surface area contributed by atoms with Crippen LogP contribution in [0, 0.1) is 23.7 Å². The van der Waals surface area contributed by atoms with Crippen molar-refractivity contribution < 1.29 is 0 Å². The lowest BCUT2D eigenvalue weighted by atomic mass is 9.84. The Kier molecular flexibility index (Phi) is 22.6. The first-order valence-corrected chi connectivity index (χ1v) is 12.6. The van der Waals surface area contributed by atoms with Gasteiger partial charge in [0.1, 0.15) is 0 Å². The molecule has 3 rings (SSSR count). The van der Waals surface area contributed by atoms with E-state index in [1.807, 2.05) is 27.9 Å². The molecule has 0 bridgehead atoms. The Morgan fingerprint density at radius 3 is 1.14 bits per heavy atom. The van der Waals surface area contributed by atoms with Crippen molar-refractivity contribution in [2.75, 3.05) is 33.7 Å². The maximum absolute atomic E-state index is 3.43. The highest BCUT2D eigenvalue weighted by atomic mass is 15.1. The lowest BCUT2D eigenvalue weighted by molar-refractivity contribution is 0.308. The molecule has 0 spiro atoms. The van der Waals surface area contributed by atoms with Gasteiger partial charge in [-0.3, -0.25) is 0 Å². The van der Waals surface area contributed by atoms with E-state index >= 15 is 0 Å². The van der Waals surface area contributed by atoms with Crippen LogP contribution < -0.4 is 21.3 Å². The van der Waals surface area contributed by atoms with Crippen LogP contribution in [0.25, 0.3) is 0 Å². The van der Waals surface area contributed by atoms with Crippen LogP contribution in [0.1, 0.15) is 93.9 Å². The molecule has 178 valence electrons. The van der Waals surface area contributed by atoms with E-state index in [4.69, 9.17) is 0 Å². The van der Waals surface area contributed by atoms with Crippen LogP contribution in [-0.2, 0) is 0 Å². The Balaban J connectivity index is 0. The van der Waals surface area contributed by atoms with Crippen molar-refractivity contribution in [1.82, 2.24) is 21.3 Å². The van der Waals surface area contributed by atoms with Crippen molar-refractivity contribution in [3.63, 3.8) is 0 Å². The second-order valence-corrected chi connectivity index (χ2v) is 9.50. The number of piperidine rings is 1.